The van der Waals surface area contributed by atoms with Gasteiger partial charge >= 0.3 is 17.9 Å². The lowest BCUT2D eigenvalue weighted by Gasteiger charge is -2.40. The van der Waals surface area contributed by atoms with E-state index >= 15 is 0 Å². The van der Waals surface area contributed by atoms with E-state index in [-0.39, 0.29) is 6.61 Å². The molecule has 156 valence electrons. The molecule has 0 unspecified atom stereocenters. The summed E-state index contributed by atoms with van der Waals surface area (Å²) in [4.78, 5) is 39.4. The molecular weight excluding hydrogens is 380 g/mol. The fraction of sp³-hybridized carbons (Fsp3) is 0.500. The van der Waals surface area contributed by atoms with Crippen molar-refractivity contribution in [2.75, 3.05) is 6.61 Å². The van der Waals surface area contributed by atoms with E-state index in [1.165, 1.54) is 20.8 Å². The maximum Gasteiger partial charge on any atom is 0.303 e. The van der Waals surface area contributed by atoms with Gasteiger partial charge in [0, 0.05) is 20.8 Å². The second-order valence-electron chi connectivity index (χ2n) is 7.10. The zero-order valence-corrected chi connectivity index (χ0v) is 17.0. The van der Waals surface area contributed by atoms with Crippen molar-refractivity contribution in [3.63, 3.8) is 0 Å². The highest BCUT2D eigenvalue weighted by Gasteiger charge is 2.47. The topological polar surface area (TPSA) is 106 Å². The lowest BCUT2D eigenvalue weighted by atomic mass is 10.0. The van der Waals surface area contributed by atoms with Crippen LogP contribution in [0.5, 0.6) is 0 Å². The summed E-state index contributed by atoms with van der Waals surface area (Å²) in [7, 11) is 0. The highest BCUT2D eigenvalue weighted by atomic mass is 16.6. The smallest absolute Gasteiger partial charge is 0.303 e. The van der Waals surface area contributed by atoms with Gasteiger partial charge in [0.2, 0.25) is 0 Å². The van der Waals surface area contributed by atoms with Crippen LogP contribution in [0.4, 0.5) is 0 Å². The Labute approximate surface area is 167 Å². The van der Waals surface area contributed by atoms with Crippen molar-refractivity contribution in [2.24, 2.45) is 0 Å². The van der Waals surface area contributed by atoms with Gasteiger partial charge in [-0.05, 0) is 37.1 Å². The zero-order valence-electron chi connectivity index (χ0n) is 17.0. The molecule has 9 heteroatoms. The Morgan fingerprint density at radius 3 is 2.17 bits per heavy atom. The SMILES string of the molecule is CC(=O)O[C@H]1[C@H](OC(C)=O)[C@H](OC(C)=O)CO[C@H]1n1cnc2cc(C)c(C)cc21. The normalized spacial score (nSPS) is 24.2. The van der Waals surface area contributed by atoms with Crippen LogP contribution in [0.2, 0.25) is 0 Å². The van der Waals surface area contributed by atoms with Crippen molar-refractivity contribution in [3.8, 4) is 0 Å². The number of carbonyl (C=O) groups excluding carboxylic acids is 3. The predicted molar refractivity (Wildman–Crippen MR) is 101 cm³/mol. The summed E-state index contributed by atoms with van der Waals surface area (Å²) in [5.41, 5.74) is 3.69. The Morgan fingerprint density at radius 1 is 0.966 bits per heavy atom. The molecule has 3 rings (SSSR count). The first-order chi connectivity index (χ1) is 13.7. The van der Waals surface area contributed by atoms with Gasteiger partial charge in [0.15, 0.2) is 24.5 Å². The van der Waals surface area contributed by atoms with Gasteiger partial charge in [-0.1, -0.05) is 0 Å². The Hall–Kier alpha value is -2.94. The number of hydrogen-bond acceptors (Lipinski definition) is 8. The molecule has 1 fully saturated rings. The Balaban J connectivity index is 2.05. The van der Waals surface area contributed by atoms with Crippen molar-refractivity contribution in [2.45, 2.75) is 59.2 Å². The van der Waals surface area contributed by atoms with Crippen molar-refractivity contribution in [3.05, 3.63) is 29.6 Å². The third-order valence-corrected chi connectivity index (χ3v) is 4.79. The first kappa shape index (κ1) is 20.8. The van der Waals surface area contributed by atoms with Crippen molar-refractivity contribution in [1.29, 1.82) is 0 Å². The first-order valence-electron chi connectivity index (χ1n) is 9.24. The largest absolute Gasteiger partial charge is 0.456 e. The summed E-state index contributed by atoms with van der Waals surface area (Å²) >= 11 is 0. The van der Waals surface area contributed by atoms with E-state index < -0.39 is 42.4 Å². The van der Waals surface area contributed by atoms with Crippen molar-refractivity contribution in [1.82, 2.24) is 9.55 Å². The van der Waals surface area contributed by atoms with Gasteiger partial charge < -0.3 is 23.5 Å². The first-order valence-corrected chi connectivity index (χ1v) is 9.24. The molecule has 1 aliphatic heterocycles. The summed E-state index contributed by atoms with van der Waals surface area (Å²) in [6.07, 6.45) is -2.20. The van der Waals surface area contributed by atoms with Crippen LogP contribution < -0.4 is 0 Å². The summed E-state index contributed by atoms with van der Waals surface area (Å²) in [6, 6.07) is 3.92. The molecule has 0 bridgehead atoms. The Morgan fingerprint density at radius 2 is 1.55 bits per heavy atom. The van der Waals surface area contributed by atoms with Crippen LogP contribution in [0.1, 0.15) is 38.1 Å². The van der Waals surface area contributed by atoms with E-state index in [1.807, 2.05) is 26.0 Å². The Kier molecular flexibility index (Phi) is 5.88. The fourth-order valence-corrected chi connectivity index (χ4v) is 3.45. The van der Waals surface area contributed by atoms with Gasteiger partial charge in [0.1, 0.15) is 0 Å². The van der Waals surface area contributed by atoms with Crippen LogP contribution in [0.25, 0.3) is 11.0 Å². The number of fused-ring (bicyclic) bond motifs is 1. The minimum Gasteiger partial charge on any atom is -0.456 e. The van der Waals surface area contributed by atoms with Crippen LogP contribution in [0.3, 0.4) is 0 Å². The van der Waals surface area contributed by atoms with Crippen LogP contribution in [-0.2, 0) is 33.3 Å². The average molecular weight is 404 g/mol. The third kappa shape index (κ3) is 4.40. The van der Waals surface area contributed by atoms with E-state index in [9.17, 15) is 14.4 Å². The number of ether oxygens (including phenoxy) is 4. The van der Waals surface area contributed by atoms with Crippen LogP contribution in [0.15, 0.2) is 18.5 Å². The average Bonchev–Trinajstić information content (AvgIpc) is 2.99. The van der Waals surface area contributed by atoms with Gasteiger partial charge in [-0.25, -0.2) is 4.98 Å². The number of aromatic nitrogens is 2. The summed E-state index contributed by atoms with van der Waals surface area (Å²) in [5.74, 6) is -1.73. The number of rotatable bonds is 4. The van der Waals surface area contributed by atoms with E-state index in [0.717, 1.165) is 22.2 Å². The molecule has 0 amide bonds. The van der Waals surface area contributed by atoms with E-state index in [2.05, 4.69) is 4.98 Å². The highest BCUT2D eigenvalue weighted by Crippen LogP contribution is 2.33. The number of esters is 3. The molecule has 0 spiro atoms. The van der Waals surface area contributed by atoms with E-state index in [1.54, 1.807) is 10.9 Å². The van der Waals surface area contributed by atoms with Crippen LogP contribution >= 0.6 is 0 Å². The number of benzene rings is 1. The Bertz CT molecular complexity index is 952. The summed E-state index contributed by atoms with van der Waals surface area (Å²) in [6.45, 7) is 7.66. The predicted octanol–water partition coefficient (Wildman–Crippen LogP) is 1.98. The fourth-order valence-electron chi connectivity index (χ4n) is 3.45. The quantitative estimate of drug-likeness (QED) is 0.563. The molecule has 0 radical (unpaired) electrons. The monoisotopic (exact) mass is 404 g/mol. The number of carbonyl (C=O) groups is 3. The number of aryl methyl sites for hydroxylation is 2. The van der Waals surface area contributed by atoms with Gasteiger partial charge in [0.05, 0.1) is 24.0 Å². The molecule has 0 aliphatic carbocycles. The maximum absolute atomic E-state index is 11.8. The molecule has 29 heavy (non-hydrogen) atoms. The number of nitrogens with zero attached hydrogens (tertiary/aromatic N) is 2. The molecule has 2 heterocycles. The van der Waals surface area contributed by atoms with Crippen LogP contribution in [-0.4, -0.2) is 52.4 Å². The van der Waals surface area contributed by atoms with Crippen LogP contribution in [0, 0.1) is 13.8 Å². The molecule has 1 aromatic carbocycles. The second kappa shape index (κ2) is 8.20. The molecule has 1 aromatic heterocycles. The molecule has 9 nitrogen and oxygen atoms in total. The maximum atomic E-state index is 11.8. The molecule has 4 atom stereocenters. The summed E-state index contributed by atoms with van der Waals surface area (Å²) < 4.78 is 23.8. The zero-order chi connectivity index (χ0) is 21.3. The molecule has 0 N–H and O–H groups in total. The molecule has 1 saturated heterocycles. The summed E-state index contributed by atoms with van der Waals surface area (Å²) in [5, 5.41) is 0. The third-order valence-electron chi connectivity index (χ3n) is 4.79. The minimum atomic E-state index is -1.03. The van der Waals surface area contributed by atoms with Gasteiger partial charge in [-0.2, -0.15) is 0 Å². The van der Waals surface area contributed by atoms with Gasteiger partial charge in [-0.3, -0.25) is 14.4 Å². The second-order valence-corrected chi connectivity index (χ2v) is 7.10. The lowest BCUT2D eigenvalue weighted by molar-refractivity contribution is -0.239. The number of hydrogen-bond donors (Lipinski definition) is 0. The standard InChI is InChI=1S/C20H24N2O7/c1-10-6-15-16(7-11(10)2)22(9-21-15)20-19(29-14(5)25)18(28-13(4)24)17(8-26-20)27-12(3)23/h6-7,9,17-20H,8H2,1-5H3/t17-,18-,19+,20-/m1/s1. The molecule has 1 aliphatic rings. The van der Waals surface area contributed by atoms with Gasteiger partial charge in [0.25, 0.3) is 0 Å². The minimum absolute atomic E-state index is 0.0372. The van der Waals surface area contributed by atoms with E-state index in [0.29, 0.717) is 0 Å². The number of imidazole rings is 1. The molecule has 2 aromatic rings. The molecular formula is C20H24N2O7. The van der Waals surface area contributed by atoms with E-state index in [4.69, 9.17) is 18.9 Å². The van der Waals surface area contributed by atoms with Gasteiger partial charge in [-0.15, -0.1) is 0 Å². The van der Waals surface area contributed by atoms with Crippen molar-refractivity contribution >= 4 is 28.9 Å². The van der Waals surface area contributed by atoms with Crippen molar-refractivity contribution < 1.29 is 33.3 Å². The molecule has 0 saturated carbocycles. The highest BCUT2D eigenvalue weighted by molar-refractivity contribution is 5.77. The lowest BCUT2D eigenvalue weighted by Crippen LogP contribution is -2.55.